The molecule has 1 aromatic rings. The summed E-state index contributed by atoms with van der Waals surface area (Å²) in [6.07, 6.45) is 2.07. The molecular weight excluding hydrogens is 364 g/mol. The topological polar surface area (TPSA) is 101 Å². The van der Waals surface area contributed by atoms with Gasteiger partial charge in [-0.25, -0.2) is 16.8 Å². The molecule has 0 spiro atoms. The number of hydrogen-bond donors (Lipinski definition) is 1. The van der Waals surface area contributed by atoms with Crippen molar-refractivity contribution in [1.29, 1.82) is 0 Å². The molecule has 2 heterocycles. The maximum atomic E-state index is 12.8. The number of rotatable bonds is 4. The van der Waals surface area contributed by atoms with Gasteiger partial charge in [-0.15, -0.1) is 0 Å². The molecule has 0 saturated carbocycles. The van der Waals surface area contributed by atoms with Gasteiger partial charge >= 0.3 is 0 Å². The second-order valence-corrected chi connectivity index (χ2v) is 10.8. The fraction of sp³-hybridized carbons (Fsp3) is 0.562. The summed E-state index contributed by atoms with van der Waals surface area (Å²) in [6, 6.07) is 4.15. The maximum Gasteiger partial charge on any atom is 0.251 e. The number of sulfone groups is 1. The Balaban J connectivity index is 1.83. The maximum absolute atomic E-state index is 12.8. The molecule has 1 atom stereocenters. The zero-order valence-electron chi connectivity index (χ0n) is 14.1. The van der Waals surface area contributed by atoms with Crippen molar-refractivity contribution in [2.45, 2.75) is 37.1 Å². The van der Waals surface area contributed by atoms with Crippen molar-refractivity contribution in [3.8, 4) is 0 Å². The van der Waals surface area contributed by atoms with Gasteiger partial charge in [0.25, 0.3) is 5.91 Å². The van der Waals surface area contributed by atoms with Gasteiger partial charge in [-0.05, 0) is 43.9 Å². The summed E-state index contributed by atoms with van der Waals surface area (Å²) in [5.74, 6) is -0.441. The van der Waals surface area contributed by atoms with E-state index in [1.165, 1.54) is 10.4 Å². The highest BCUT2D eigenvalue weighted by molar-refractivity contribution is 7.91. The lowest BCUT2D eigenvalue weighted by atomic mass is 10.1. The molecule has 138 valence electrons. The first-order valence-electron chi connectivity index (χ1n) is 8.31. The monoisotopic (exact) mass is 386 g/mol. The van der Waals surface area contributed by atoms with Gasteiger partial charge in [-0.2, -0.15) is 4.31 Å². The Labute approximate surface area is 148 Å². The van der Waals surface area contributed by atoms with Crippen LogP contribution in [-0.2, 0) is 19.9 Å². The van der Waals surface area contributed by atoms with Crippen molar-refractivity contribution in [3.05, 3.63) is 29.3 Å². The number of nitrogens with zero attached hydrogens (tertiary/aromatic N) is 1. The minimum absolute atomic E-state index is 0.0659. The summed E-state index contributed by atoms with van der Waals surface area (Å²) < 4.78 is 50.0. The number of amides is 1. The van der Waals surface area contributed by atoms with Gasteiger partial charge in [0.15, 0.2) is 9.84 Å². The molecular formula is C16H22N2O5S2. The van der Waals surface area contributed by atoms with Crippen LogP contribution >= 0.6 is 0 Å². The predicted octanol–water partition coefficient (Wildman–Crippen LogP) is 0.696. The normalized spacial score (nSPS) is 23.6. The van der Waals surface area contributed by atoms with E-state index in [1.54, 1.807) is 19.1 Å². The highest BCUT2D eigenvalue weighted by Crippen LogP contribution is 2.25. The quantitative estimate of drug-likeness (QED) is 0.821. The van der Waals surface area contributed by atoms with E-state index in [0.717, 1.165) is 12.8 Å². The van der Waals surface area contributed by atoms with E-state index in [1.807, 2.05) is 0 Å². The third-order valence-electron chi connectivity index (χ3n) is 4.70. The minimum atomic E-state index is -3.61. The second kappa shape index (κ2) is 6.69. The summed E-state index contributed by atoms with van der Waals surface area (Å²) in [5.41, 5.74) is 0.819. The molecule has 0 aromatic heterocycles. The van der Waals surface area contributed by atoms with Crippen LogP contribution in [0.2, 0.25) is 0 Å². The first-order valence-corrected chi connectivity index (χ1v) is 11.6. The van der Waals surface area contributed by atoms with Crippen LogP contribution in [0.4, 0.5) is 0 Å². The van der Waals surface area contributed by atoms with Crippen LogP contribution in [0.1, 0.15) is 35.2 Å². The summed E-state index contributed by atoms with van der Waals surface area (Å²) in [5, 5.41) is 2.69. The van der Waals surface area contributed by atoms with E-state index in [9.17, 15) is 21.6 Å². The molecule has 2 fully saturated rings. The van der Waals surface area contributed by atoms with Crippen molar-refractivity contribution in [2.75, 3.05) is 24.6 Å². The molecule has 9 heteroatoms. The summed E-state index contributed by atoms with van der Waals surface area (Å²) in [6.45, 7) is 2.70. The van der Waals surface area contributed by atoms with Crippen molar-refractivity contribution in [3.63, 3.8) is 0 Å². The number of nitrogens with one attached hydrogen (secondary N) is 1. The molecule has 3 rings (SSSR count). The molecule has 1 N–H and O–H groups in total. The van der Waals surface area contributed by atoms with E-state index in [4.69, 9.17) is 0 Å². The lowest BCUT2D eigenvalue weighted by Crippen LogP contribution is -2.36. The van der Waals surface area contributed by atoms with Crippen LogP contribution in [0.3, 0.4) is 0 Å². The third-order valence-corrected chi connectivity index (χ3v) is 8.51. The molecule has 0 unspecified atom stereocenters. The van der Waals surface area contributed by atoms with Crippen molar-refractivity contribution < 1.29 is 21.6 Å². The van der Waals surface area contributed by atoms with E-state index < -0.39 is 31.8 Å². The van der Waals surface area contributed by atoms with Gasteiger partial charge in [0.2, 0.25) is 10.0 Å². The Bertz CT molecular complexity index is 887. The molecule has 0 aliphatic carbocycles. The molecule has 25 heavy (non-hydrogen) atoms. The van der Waals surface area contributed by atoms with Gasteiger partial charge in [0, 0.05) is 24.7 Å². The fourth-order valence-electron chi connectivity index (χ4n) is 3.26. The van der Waals surface area contributed by atoms with Gasteiger partial charge in [-0.3, -0.25) is 4.79 Å². The second-order valence-electron chi connectivity index (χ2n) is 6.66. The largest absolute Gasteiger partial charge is 0.348 e. The molecule has 2 saturated heterocycles. The number of benzene rings is 1. The summed E-state index contributed by atoms with van der Waals surface area (Å²) in [7, 11) is -6.70. The highest BCUT2D eigenvalue weighted by atomic mass is 32.2. The standard InChI is InChI=1S/C16H22N2O5S2/c1-12-4-5-13(16(19)17-14-6-9-24(20,21)11-14)10-15(12)25(22,23)18-7-2-3-8-18/h4-5,10,14H,2-3,6-9,11H2,1H3,(H,17,19)/t14-/m0/s1. The van der Waals surface area contributed by atoms with Crippen LogP contribution in [-0.4, -0.2) is 57.7 Å². The molecule has 0 bridgehead atoms. The summed E-state index contributed by atoms with van der Waals surface area (Å²) in [4.78, 5) is 12.5. The van der Waals surface area contributed by atoms with Gasteiger partial charge < -0.3 is 5.32 Å². The molecule has 2 aliphatic rings. The van der Waals surface area contributed by atoms with Gasteiger partial charge in [-0.1, -0.05) is 6.07 Å². The zero-order valence-corrected chi connectivity index (χ0v) is 15.7. The molecule has 1 aromatic carbocycles. The Kier molecular flexibility index (Phi) is 4.91. The number of carbonyl (C=O) groups excluding carboxylic acids is 1. The van der Waals surface area contributed by atoms with E-state index >= 15 is 0 Å². The lowest BCUT2D eigenvalue weighted by molar-refractivity contribution is 0.0941. The predicted molar refractivity (Wildman–Crippen MR) is 93.7 cm³/mol. The fourth-order valence-corrected chi connectivity index (χ4v) is 6.71. The molecule has 7 nitrogen and oxygen atoms in total. The summed E-state index contributed by atoms with van der Waals surface area (Å²) >= 11 is 0. The first kappa shape index (κ1) is 18.3. The highest BCUT2D eigenvalue weighted by Gasteiger charge is 2.31. The SMILES string of the molecule is Cc1ccc(C(=O)N[C@H]2CCS(=O)(=O)C2)cc1S(=O)(=O)N1CCCC1. The zero-order chi connectivity index (χ0) is 18.2. The number of hydrogen-bond acceptors (Lipinski definition) is 5. The minimum Gasteiger partial charge on any atom is -0.348 e. The molecule has 0 radical (unpaired) electrons. The van der Waals surface area contributed by atoms with Crippen molar-refractivity contribution >= 4 is 25.8 Å². The van der Waals surface area contributed by atoms with E-state index in [-0.39, 0.29) is 22.0 Å². The van der Waals surface area contributed by atoms with Crippen LogP contribution in [0.25, 0.3) is 0 Å². The average molecular weight is 386 g/mol. The Hall–Kier alpha value is -1.45. The number of sulfonamides is 1. The Morgan fingerprint density at radius 1 is 1.24 bits per heavy atom. The number of aryl methyl sites for hydroxylation is 1. The molecule has 1 amide bonds. The lowest BCUT2D eigenvalue weighted by Gasteiger charge is -2.18. The van der Waals surface area contributed by atoms with Crippen LogP contribution < -0.4 is 5.32 Å². The van der Waals surface area contributed by atoms with Gasteiger partial charge in [0.05, 0.1) is 16.4 Å². The van der Waals surface area contributed by atoms with Gasteiger partial charge in [0.1, 0.15) is 0 Å². The van der Waals surface area contributed by atoms with Crippen LogP contribution in [0.15, 0.2) is 23.1 Å². The number of carbonyl (C=O) groups is 1. The Morgan fingerprint density at radius 2 is 1.92 bits per heavy atom. The van der Waals surface area contributed by atoms with Crippen LogP contribution in [0.5, 0.6) is 0 Å². The van der Waals surface area contributed by atoms with E-state index in [0.29, 0.717) is 25.1 Å². The van der Waals surface area contributed by atoms with E-state index in [2.05, 4.69) is 5.32 Å². The smallest absolute Gasteiger partial charge is 0.251 e. The first-order chi connectivity index (χ1) is 11.7. The average Bonchev–Trinajstić information content (AvgIpc) is 3.17. The third kappa shape index (κ3) is 3.88. The van der Waals surface area contributed by atoms with Crippen molar-refractivity contribution in [1.82, 2.24) is 9.62 Å². The Morgan fingerprint density at radius 3 is 2.52 bits per heavy atom. The van der Waals surface area contributed by atoms with Crippen LogP contribution in [0, 0.1) is 6.92 Å². The molecule has 2 aliphatic heterocycles. The van der Waals surface area contributed by atoms with Crippen molar-refractivity contribution in [2.24, 2.45) is 0 Å².